The highest BCUT2D eigenvalue weighted by Gasteiger charge is 2.21. The molecule has 1 amide bonds. The molecule has 2 aromatic heterocycles. The first-order valence-electron chi connectivity index (χ1n) is 10.1. The third kappa shape index (κ3) is 4.43. The van der Waals surface area contributed by atoms with E-state index in [1.54, 1.807) is 12.1 Å². The number of amides is 1. The maximum Gasteiger partial charge on any atom is 0.252 e. The fourth-order valence-corrected chi connectivity index (χ4v) is 4.04. The molecular weight excluding hydrogens is 367 g/mol. The van der Waals surface area contributed by atoms with Gasteiger partial charge in [-0.05, 0) is 68.3 Å². The van der Waals surface area contributed by atoms with Gasteiger partial charge in [0.2, 0.25) is 5.95 Å². The number of fused-ring (bicyclic) bond motifs is 1. The number of nitrogens with one attached hydrogen (secondary N) is 1. The van der Waals surface area contributed by atoms with Crippen molar-refractivity contribution in [3.05, 3.63) is 60.2 Å². The van der Waals surface area contributed by atoms with E-state index in [0.29, 0.717) is 35.2 Å². The minimum Gasteiger partial charge on any atom is -0.352 e. The van der Waals surface area contributed by atoms with Gasteiger partial charge in [0.1, 0.15) is 0 Å². The summed E-state index contributed by atoms with van der Waals surface area (Å²) in [5.41, 5.74) is 8.34. The van der Waals surface area contributed by atoms with Crippen LogP contribution in [0.25, 0.3) is 22.2 Å². The molecule has 1 aliphatic rings. The molecule has 2 heterocycles. The molecule has 0 bridgehead atoms. The SMILES string of the molecule is NC[C@H]1CC[C@H](CNC(=O)c2cc(-c3ccc(F)nc3)nc3ccccc23)CC1. The zero-order valence-electron chi connectivity index (χ0n) is 16.3. The zero-order valence-corrected chi connectivity index (χ0v) is 16.3. The van der Waals surface area contributed by atoms with Crippen LogP contribution in [0.1, 0.15) is 36.0 Å². The lowest BCUT2D eigenvalue weighted by molar-refractivity contribution is 0.0943. The van der Waals surface area contributed by atoms with Crippen molar-refractivity contribution < 1.29 is 9.18 Å². The Labute approximate surface area is 169 Å². The van der Waals surface area contributed by atoms with Crippen LogP contribution in [0.15, 0.2) is 48.7 Å². The summed E-state index contributed by atoms with van der Waals surface area (Å²) in [7, 11) is 0. The van der Waals surface area contributed by atoms with Crippen LogP contribution in [0.5, 0.6) is 0 Å². The maximum atomic E-state index is 13.2. The van der Waals surface area contributed by atoms with Crippen LogP contribution in [0.4, 0.5) is 4.39 Å². The van der Waals surface area contributed by atoms with Gasteiger partial charge in [-0.1, -0.05) is 18.2 Å². The van der Waals surface area contributed by atoms with Gasteiger partial charge in [0.05, 0.1) is 16.8 Å². The predicted octanol–water partition coefficient (Wildman–Crippen LogP) is 3.93. The Kier molecular flexibility index (Phi) is 5.81. The third-order valence-corrected chi connectivity index (χ3v) is 5.83. The van der Waals surface area contributed by atoms with Crippen LogP contribution in [-0.2, 0) is 0 Å². The number of hydrogen-bond acceptors (Lipinski definition) is 4. The molecule has 1 aromatic carbocycles. The molecule has 0 unspecified atom stereocenters. The minimum absolute atomic E-state index is 0.110. The van der Waals surface area contributed by atoms with Crippen LogP contribution in [0, 0.1) is 17.8 Å². The lowest BCUT2D eigenvalue weighted by atomic mass is 9.82. The van der Waals surface area contributed by atoms with Crippen molar-refractivity contribution in [1.82, 2.24) is 15.3 Å². The van der Waals surface area contributed by atoms with Crippen LogP contribution in [0.2, 0.25) is 0 Å². The molecule has 0 spiro atoms. The van der Waals surface area contributed by atoms with Gasteiger partial charge in [-0.25, -0.2) is 9.97 Å². The molecule has 1 fully saturated rings. The Hall–Kier alpha value is -2.86. The van der Waals surface area contributed by atoms with E-state index >= 15 is 0 Å². The fraction of sp³-hybridized carbons (Fsp3) is 0.348. The predicted molar refractivity (Wildman–Crippen MR) is 112 cm³/mol. The van der Waals surface area contributed by atoms with E-state index in [1.807, 2.05) is 24.3 Å². The minimum atomic E-state index is -0.545. The molecule has 1 aliphatic carbocycles. The second-order valence-electron chi connectivity index (χ2n) is 7.77. The molecule has 3 aromatic rings. The summed E-state index contributed by atoms with van der Waals surface area (Å²) in [4.78, 5) is 21.4. The van der Waals surface area contributed by atoms with Crippen molar-refractivity contribution in [3.63, 3.8) is 0 Å². The van der Waals surface area contributed by atoms with Gasteiger partial charge >= 0.3 is 0 Å². The largest absolute Gasteiger partial charge is 0.352 e. The second-order valence-corrected chi connectivity index (χ2v) is 7.77. The first-order valence-corrected chi connectivity index (χ1v) is 10.1. The van der Waals surface area contributed by atoms with Crippen molar-refractivity contribution in [1.29, 1.82) is 0 Å². The van der Waals surface area contributed by atoms with Gasteiger partial charge < -0.3 is 11.1 Å². The number of aromatic nitrogens is 2. The lowest BCUT2D eigenvalue weighted by Gasteiger charge is -2.27. The summed E-state index contributed by atoms with van der Waals surface area (Å²) in [6, 6.07) is 12.2. The highest BCUT2D eigenvalue weighted by molar-refractivity contribution is 6.07. The highest BCUT2D eigenvalue weighted by atomic mass is 19.1. The third-order valence-electron chi connectivity index (χ3n) is 5.83. The number of benzene rings is 1. The molecule has 6 heteroatoms. The number of carbonyl (C=O) groups is 1. The second kappa shape index (κ2) is 8.66. The molecular formula is C23H25FN4O. The summed E-state index contributed by atoms with van der Waals surface area (Å²) in [5.74, 6) is 0.464. The van der Waals surface area contributed by atoms with Crippen LogP contribution in [-0.4, -0.2) is 29.0 Å². The van der Waals surface area contributed by atoms with E-state index in [1.165, 1.54) is 12.3 Å². The van der Waals surface area contributed by atoms with E-state index < -0.39 is 5.95 Å². The van der Waals surface area contributed by atoms with E-state index in [0.717, 1.165) is 43.1 Å². The van der Waals surface area contributed by atoms with E-state index in [-0.39, 0.29) is 5.91 Å². The van der Waals surface area contributed by atoms with Crippen molar-refractivity contribution >= 4 is 16.8 Å². The zero-order chi connectivity index (χ0) is 20.2. The summed E-state index contributed by atoms with van der Waals surface area (Å²) >= 11 is 0. The van der Waals surface area contributed by atoms with E-state index in [9.17, 15) is 9.18 Å². The summed E-state index contributed by atoms with van der Waals surface area (Å²) in [5, 5.41) is 3.91. The molecule has 150 valence electrons. The highest BCUT2D eigenvalue weighted by Crippen LogP contribution is 2.28. The summed E-state index contributed by atoms with van der Waals surface area (Å²) in [6.07, 6.45) is 5.91. The average molecular weight is 392 g/mol. The van der Waals surface area contributed by atoms with E-state index in [4.69, 9.17) is 5.73 Å². The Morgan fingerprint density at radius 3 is 2.59 bits per heavy atom. The Bertz CT molecular complexity index is 997. The molecule has 0 aliphatic heterocycles. The van der Waals surface area contributed by atoms with Gasteiger partial charge in [-0.2, -0.15) is 4.39 Å². The van der Waals surface area contributed by atoms with Gasteiger partial charge in [-0.3, -0.25) is 4.79 Å². The van der Waals surface area contributed by atoms with Crippen molar-refractivity contribution in [2.45, 2.75) is 25.7 Å². The first-order chi connectivity index (χ1) is 14.1. The number of carbonyl (C=O) groups excluding carboxylic acids is 1. The molecule has 3 N–H and O–H groups in total. The topological polar surface area (TPSA) is 80.9 Å². The Morgan fingerprint density at radius 2 is 1.86 bits per heavy atom. The van der Waals surface area contributed by atoms with Crippen LogP contribution in [0.3, 0.4) is 0 Å². The number of para-hydroxylation sites is 1. The van der Waals surface area contributed by atoms with Gasteiger partial charge in [0, 0.05) is 23.7 Å². The Morgan fingerprint density at radius 1 is 1.10 bits per heavy atom. The molecule has 0 radical (unpaired) electrons. The quantitative estimate of drug-likeness (QED) is 0.645. The number of nitrogens with zero attached hydrogens (tertiary/aromatic N) is 2. The molecule has 4 rings (SSSR count). The normalized spacial score (nSPS) is 19.2. The molecule has 5 nitrogen and oxygen atoms in total. The molecule has 1 saturated carbocycles. The monoisotopic (exact) mass is 392 g/mol. The van der Waals surface area contributed by atoms with Gasteiger partial charge in [-0.15, -0.1) is 0 Å². The molecule has 0 saturated heterocycles. The number of nitrogens with two attached hydrogens (primary N) is 1. The first kappa shape index (κ1) is 19.5. The Balaban J connectivity index is 1.57. The number of halogens is 1. The van der Waals surface area contributed by atoms with Crippen LogP contribution < -0.4 is 11.1 Å². The number of pyridine rings is 2. The number of hydrogen-bond donors (Lipinski definition) is 2. The average Bonchev–Trinajstić information content (AvgIpc) is 2.77. The van der Waals surface area contributed by atoms with Gasteiger partial charge in [0.25, 0.3) is 5.91 Å². The summed E-state index contributed by atoms with van der Waals surface area (Å²) < 4.78 is 13.2. The van der Waals surface area contributed by atoms with E-state index in [2.05, 4.69) is 15.3 Å². The maximum absolute atomic E-state index is 13.2. The fourth-order valence-electron chi connectivity index (χ4n) is 4.04. The van der Waals surface area contributed by atoms with Crippen LogP contribution >= 0.6 is 0 Å². The summed E-state index contributed by atoms with van der Waals surface area (Å²) in [6.45, 7) is 1.42. The van der Waals surface area contributed by atoms with Crippen molar-refractivity contribution in [2.75, 3.05) is 13.1 Å². The van der Waals surface area contributed by atoms with Crippen molar-refractivity contribution in [2.24, 2.45) is 17.6 Å². The molecule has 29 heavy (non-hydrogen) atoms. The standard InChI is InChI=1S/C23H25FN4O/c24-22-10-9-17(14-26-22)21-11-19(18-3-1-2-4-20(18)28-21)23(29)27-13-16-7-5-15(12-25)6-8-16/h1-4,9-11,14-16H,5-8,12-13,25H2,(H,27,29)/t15-,16-. The number of rotatable bonds is 5. The van der Waals surface area contributed by atoms with Crippen molar-refractivity contribution in [3.8, 4) is 11.3 Å². The molecule has 0 atom stereocenters. The lowest BCUT2D eigenvalue weighted by Crippen LogP contribution is -2.32. The van der Waals surface area contributed by atoms with Gasteiger partial charge in [0.15, 0.2) is 0 Å². The smallest absolute Gasteiger partial charge is 0.252 e.